The number of benzene rings is 1. The second-order valence-corrected chi connectivity index (χ2v) is 4.59. The summed E-state index contributed by atoms with van der Waals surface area (Å²) in [5, 5.41) is 0. The van der Waals surface area contributed by atoms with Gasteiger partial charge in [-0.3, -0.25) is 4.79 Å². The predicted octanol–water partition coefficient (Wildman–Crippen LogP) is 2.97. The Morgan fingerprint density at radius 2 is 2.05 bits per heavy atom. The first-order valence-electron chi connectivity index (χ1n) is 6.46. The molecule has 1 aromatic rings. The van der Waals surface area contributed by atoms with Crippen LogP contribution in [0.25, 0.3) is 0 Å². The van der Waals surface area contributed by atoms with Gasteiger partial charge in [-0.1, -0.05) is 19.1 Å². The Morgan fingerprint density at radius 1 is 1.38 bits per heavy atom. The van der Waals surface area contributed by atoms with Gasteiger partial charge in [0.1, 0.15) is 11.8 Å². The van der Waals surface area contributed by atoms with E-state index in [2.05, 4.69) is 9.47 Å². The molecule has 0 bridgehead atoms. The molecular weight excluding hydrogens is 287 g/mol. The molecule has 0 aliphatic rings. The Bertz CT molecular complexity index is 477. The fraction of sp³-hybridized carbons (Fsp3) is 0.500. The van der Waals surface area contributed by atoms with Crippen LogP contribution in [0.4, 0.5) is 13.2 Å². The predicted molar refractivity (Wildman–Crippen MR) is 70.8 cm³/mol. The average molecular weight is 305 g/mol. The van der Waals surface area contributed by atoms with Crippen molar-refractivity contribution in [3.63, 3.8) is 0 Å². The summed E-state index contributed by atoms with van der Waals surface area (Å²) >= 11 is 0. The second kappa shape index (κ2) is 7.31. The minimum absolute atomic E-state index is 0.157. The molecule has 0 saturated heterocycles. The van der Waals surface area contributed by atoms with E-state index in [4.69, 9.17) is 5.73 Å². The van der Waals surface area contributed by atoms with E-state index in [1.54, 1.807) is 6.07 Å². The molecule has 7 heteroatoms. The van der Waals surface area contributed by atoms with Gasteiger partial charge in [0.05, 0.1) is 7.11 Å². The van der Waals surface area contributed by atoms with Gasteiger partial charge in [-0.05, 0) is 36.5 Å². The summed E-state index contributed by atoms with van der Waals surface area (Å²) in [5.41, 5.74) is 6.33. The Hall–Kier alpha value is -1.76. The fourth-order valence-corrected chi connectivity index (χ4v) is 2.06. The molecule has 0 radical (unpaired) electrons. The summed E-state index contributed by atoms with van der Waals surface area (Å²) in [6.45, 7) is 1.87. The van der Waals surface area contributed by atoms with Crippen molar-refractivity contribution in [2.24, 2.45) is 5.73 Å². The summed E-state index contributed by atoms with van der Waals surface area (Å²) < 4.78 is 45.1. The third-order valence-corrected chi connectivity index (χ3v) is 3.10. The lowest BCUT2D eigenvalue weighted by atomic mass is 9.90. The molecule has 0 fully saturated rings. The molecule has 2 unspecified atom stereocenters. The Labute approximate surface area is 121 Å². The van der Waals surface area contributed by atoms with Gasteiger partial charge in [-0.25, -0.2) is 0 Å². The number of hydrogen-bond acceptors (Lipinski definition) is 4. The van der Waals surface area contributed by atoms with Gasteiger partial charge in [0.25, 0.3) is 0 Å². The lowest BCUT2D eigenvalue weighted by Gasteiger charge is -2.19. The first kappa shape index (κ1) is 17.3. The summed E-state index contributed by atoms with van der Waals surface area (Å²) in [6.07, 6.45) is -3.82. The van der Waals surface area contributed by atoms with Crippen LogP contribution in [0.15, 0.2) is 24.3 Å². The first-order valence-corrected chi connectivity index (χ1v) is 6.46. The number of hydrogen-bond donors (Lipinski definition) is 1. The van der Waals surface area contributed by atoms with E-state index < -0.39 is 18.4 Å². The van der Waals surface area contributed by atoms with E-state index in [-0.39, 0.29) is 11.7 Å². The Kier molecular flexibility index (Phi) is 6.02. The highest BCUT2D eigenvalue weighted by atomic mass is 19.4. The molecular formula is C14H18F3NO3. The van der Waals surface area contributed by atoms with Crippen molar-refractivity contribution >= 4 is 5.97 Å². The van der Waals surface area contributed by atoms with Crippen molar-refractivity contribution in [2.45, 2.75) is 38.1 Å². The zero-order valence-corrected chi connectivity index (χ0v) is 11.8. The highest BCUT2D eigenvalue weighted by molar-refractivity contribution is 5.75. The van der Waals surface area contributed by atoms with Crippen molar-refractivity contribution < 1.29 is 27.4 Å². The van der Waals surface area contributed by atoms with Crippen LogP contribution in [-0.4, -0.2) is 25.5 Å². The minimum atomic E-state index is -4.73. The SMILES string of the molecule is CCC(CC(N)C(=O)OC)c1cccc(OC(F)(F)F)c1. The van der Waals surface area contributed by atoms with Gasteiger partial charge in [-0.15, -0.1) is 13.2 Å². The van der Waals surface area contributed by atoms with Crippen LogP contribution in [0.3, 0.4) is 0 Å². The molecule has 0 aromatic heterocycles. The Balaban J connectivity index is 2.86. The molecule has 21 heavy (non-hydrogen) atoms. The molecule has 2 N–H and O–H groups in total. The number of esters is 1. The molecule has 4 nitrogen and oxygen atoms in total. The van der Waals surface area contributed by atoms with E-state index in [0.29, 0.717) is 18.4 Å². The lowest BCUT2D eigenvalue weighted by Crippen LogP contribution is -2.33. The maximum atomic E-state index is 12.2. The second-order valence-electron chi connectivity index (χ2n) is 4.59. The molecule has 0 aliphatic heterocycles. The maximum Gasteiger partial charge on any atom is 0.573 e. The van der Waals surface area contributed by atoms with E-state index in [1.165, 1.54) is 25.3 Å². The van der Waals surface area contributed by atoms with Gasteiger partial charge < -0.3 is 15.2 Å². The molecule has 1 rings (SSSR count). The maximum absolute atomic E-state index is 12.2. The summed E-state index contributed by atoms with van der Waals surface area (Å²) in [4.78, 5) is 11.3. The first-order chi connectivity index (χ1) is 9.76. The molecule has 0 saturated carbocycles. The molecule has 0 spiro atoms. The number of halogens is 3. The quantitative estimate of drug-likeness (QED) is 0.821. The third-order valence-electron chi connectivity index (χ3n) is 3.10. The minimum Gasteiger partial charge on any atom is -0.468 e. The van der Waals surface area contributed by atoms with Crippen molar-refractivity contribution in [2.75, 3.05) is 7.11 Å². The number of ether oxygens (including phenoxy) is 2. The number of carbonyl (C=O) groups is 1. The fourth-order valence-electron chi connectivity index (χ4n) is 2.06. The number of rotatable bonds is 6. The summed E-state index contributed by atoms with van der Waals surface area (Å²) in [6, 6.07) is 4.88. The van der Waals surface area contributed by atoms with Gasteiger partial charge in [-0.2, -0.15) is 0 Å². The topological polar surface area (TPSA) is 61.6 Å². The van der Waals surface area contributed by atoms with Crippen molar-refractivity contribution in [3.05, 3.63) is 29.8 Å². The average Bonchev–Trinajstić information content (AvgIpc) is 2.41. The number of nitrogens with two attached hydrogens (primary N) is 1. The van der Waals surface area contributed by atoms with Crippen molar-refractivity contribution in [1.82, 2.24) is 0 Å². The smallest absolute Gasteiger partial charge is 0.468 e. The van der Waals surface area contributed by atoms with E-state index in [0.717, 1.165) is 0 Å². The van der Waals surface area contributed by atoms with Crippen LogP contribution >= 0.6 is 0 Å². The number of methoxy groups -OCH3 is 1. The van der Waals surface area contributed by atoms with Gasteiger partial charge in [0, 0.05) is 0 Å². The van der Waals surface area contributed by atoms with E-state index in [1.807, 2.05) is 6.92 Å². The Morgan fingerprint density at radius 3 is 2.57 bits per heavy atom. The normalized spacial score (nSPS) is 14.4. The van der Waals surface area contributed by atoms with Crippen LogP contribution in [0, 0.1) is 0 Å². The summed E-state index contributed by atoms with van der Waals surface area (Å²) in [7, 11) is 1.24. The van der Waals surface area contributed by atoms with Crippen LogP contribution in [0.1, 0.15) is 31.2 Å². The molecule has 0 heterocycles. The number of carbonyl (C=O) groups excluding carboxylic acids is 1. The van der Waals surface area contributed by atoms with Gasteiger partial charge >= 0.3 is 12.3 Å². The molecule has 0 amide bonds. The third kappa shape index (κ3) is 5.63. The molecule has 1 aromatic carbocycles. The van der Waals surface area contributed by atoms with Crippen LogP contribution in [0.2, 0.25) is 0 Å². The van der Waals surface area contributed by atoms with E-state index >= 15 is 0 Å². The van der Waals surface area contributed by atoms with Crippen molar-refractivity contribution in [3.8, 4) is 5.75 Å². The van der Waals surface area contributed by atoms with Crippen LogP contribution < -0.4 is 10.5 Å². The van der Waals surface area contributed by atoms with Crippen molar-refractivity contribution in [1.29, 1.82) is 0 Å². The monoisotopic (exact) mass is 305 g/mol. The zero-order chi connectivity index (χ0) is 16.0. The number of alkyl halides is 3. The highest BCUT2D eigenvalue weighted by Gasteiger charge is 2.31. The standard InChI is InChI=1S/C14H18F3NO3/c1-3-9(8-12(18)13(19)20-2)10-5-4-6-11(7-10)21-14(15,16)17/h4-7,9,12H,3,8,18H2,1-2H3. The van der Waals surface area contributed by atoms with Gasteiger partial charge in [0.15, 0.2) is 0 Å². The largest absolute Gasteiger partial charge is 0.573 e. The summed E-state index contributed by atoms with van der Waals surface area (Å²) in [5.74, 6) is -0.989. The lowest BCUT2D eigenvalue weighted by molar-refractivity contribution is -0.274. The molecule has 118 valence electrons. The highest BCUT2D eigenvalue weighted by Crippen LogP contribution is 2.29. The molecule has 0 aliphatic carbocycles. The van der Waals surface area contributed by atoms with Gasteiger partial charge in [0.2, 0.25) is 0 Å². The van der Waals surface area contributed by atoms with E-state index in [9.17, 15) is 18.0 Å². The molecule has 2 atom stereocenters. The zero-order valence-electron chi connectivity index (χ0n) is 11.8. The van der Waals surface area contributed by atoms with Crippen LogP contribution in [0.5, 0.6) is 5.75 Å². The van der Waals surface area contributed by atoms with Crippen LogP contribution in [-0.2, 0) is 9.53 Å².